The molecular weight excluding hydrogens is 333 g/mol. The first-order chi connectivity index (χ1) is 11.5. The van der Waals surface area contributed by atoms with Crippen molar-refractivity contribution in [2.24, 2.45) is 0 Å². The van der Waals surface area contributed by atoms with Crippen molar-refractivity contribution in [3.8, 4) is 11.3 Å². The lowest BCUT2D eigenvalue weighted by molar-refractivity contribution is -0.125. The highest BCUT2D eigenvalue weighted by atomic mass is 35.5. The average Bonchev–Trinajstić information content (AvgIpc) is 3.29. The summed E-state index contributed by atoms with van der Waals surface area (Å²) in [6.45, 7) is 0.0708. The number of carbonyl (C=O) groups excluding carboxylic acids is 2. The van der Waals surface area contributed by atoms with Crippen molar-refractivity contribution in [2.45, 2.75) is 18.4 Å². The number of aromatic nitrogens is 1. The van der Waals surface area contributed by atoms with Crippen molar-refractivity contribution in [3.63, 3.8) is 0 Å². The summed E-state index contributed by atoms with van der Waals surface area (Å²) >= 11 is 5.68. The Morgan fingerprint density at radius 2 is 2.08 bits per heavy atom. The zero-order valence-corrected chi connectivity index (χ0v) is 13.3. The maximum Gasteiger partial charge on any atom is 0.324 e. The van der Waals surface area contributed by atoms with Crippen LogP contribution in [0.4, 0.5) is 9.18 Å². The number of imide groups is 1. The summed E-state index contributed by atoms with van der Waals surface area (Å²) in [6, 6.07) is 7.83. The van der Waals surface area contributed by atoms with Crippen molar-refractivity contribution in [1.29, 1.82) is 0 Å². The fourth-order valence-electron chi connectivity index (χ4n) is 3.05. The molecule has 5 nitrogen and oxygen atoms in total. The van der Waals surface area contributed by atoms with Gasteiger partial charge in [0.05, 0.1) is 17.3 Å². The van der Waals surface area contributed by atoms with Crippen LogP contribution in [0.15, 0.2) is 36.5 Å². The van der Waals surface area contributed by atoms with E-state index < -0.39 is 5.82 Å². The topological polar surface area (TPSA) is 62.3 Å². The fraction of sp³-hybridized carbons (Fsp3) is 0.235. The maximum absolute atomic E-state index is 13.5. The summed E-state index contributed by atoms with van der Waals surface area (Å²) in [5.41, 5.74) is 2.25. The molecule has 1 aromatic carbocycles. The Labute approximate surface area is 142 Å². The van der Waals surface area contributed by atoms with E-state index >= 15 is 0 Å². The van der Waals surface area contributed by atoms with Gasteiger partial charge in [-0.3, -0.25) is 14.7 Å². The van der Waals surface area contributed by atoms with E-state index in [0.29, 0.717) is 11.3 Å². The summed E-state index contributed by atoms with van der Waals surface area (Å²) in [5, 5.41) is 2.60. The number of hydrogen-bond acceptors (Lipinski definition) is 3. The van der Waals surface area contributed by atoms with E-state index in [2.05, 4.69) is 10.3 Å². The predicted molar refractivity (Wildman–Crippen MR) is 86.0 cm³/mol. The summed E-state index contributed by atoms with van der Waals surface area (Å²) in [4.78, 5) is 29.1. The number of halogens is 2. The van der Waals surface area contributed by atoms with Crippen LogP contribution in [-0.4, -0.2) is 34.4 Å². The second kappa shape index (κ2) is 5.56. The van der Waals surface area contributed by atoms with E-state index in [4.69, 9.17) is 11.6 Å². The zero-order chi connectivity index (χ0) is 16.8. The second-order valence-corrected chi connectivity index (χ2v) is 6.34. The molecule has 2 fully saturated rings. The van der Waals surface area contributed by atoms with Crippen LogP contribution in [-0.2, 0) is 4.79 Å². The average molecular weight is 346 g/mol. The molecule has 4 rings (SSSR count). The molecule has 2 aromatic rings. The molecule has 2 atom stereocenters. The molecule has 1 aromatic heterocycles. The van der Waals surface area contributed by atoms with Crippen molar-refractivity contribution in [1.82, 2.24) is 15.2 Å². The van der Waals surface area contributed by atoms with Gasteiger partial charge in [0.15, 0.2) is 0 Å². The molecule has 0 radical (unpaired) electrons. The number of urea groups is 1. The van der Waals surface area contributed by atoms with Gasteiger partial charge < -0.3 is 5.32 Å². The summed E-state index contributed by atoms with van der Waals surface area (Å²) in [6.07, 6.45) is 2.46. The molecule has 24 heavy (non-hydrogen) atoms. The zero-order valence-electron chi connectivity index (χ0n) is 12.5. The Morgan fingerprint density at radius 3 is 2.71 bits per heavy atom. The summed E-state index contributed by atoms with van der Waals surface area (Å²) in [7, 11) is 0. The molecule has 2 aliphatic rings. The molecule has 1 aliphatic carbocycles. The molecule has 3 amide bonds. The van der Waals surface area contributed by atoms with Crippen LogP contribution in [0, 0.1) is 5.82 Å². The Morgan fingerprint density at radius 1 is 1.25 bits per heavy atom. The molecule has 7 heteroatoms. The van der Waals surface area contributed by atoms with Crippen LogP contribution in [0.25, 0.3) is 11.3 Å². The number of nitrogens with one attached hydrogen (secondary N) is 1. The number of amides is 3. The van der Waals surface area contributed by atoms with Gasteiger partial charge in [0.2, 0.25) is 5.91 Å². The molecule has 1 aliphatic heterocycles. The number of benzene rings is 1. The van der Waals surface area contributed by atoms with Gasteiger partial charge in [-0.1, -0.05) is 23.7 Å². The first-order valence-corrected chi connectivity index (χ1v) is 7.93. The standard InChI is InChI=1S/C17H13ClFN3O2/c18-12-3-1-9(5-13(12)19)14-4-2-10(7-20-14)11-6-15(11)22-16(23)8-21-17(22)24/h1-5,7,11,15H,6,8H2,(H,21,24)/t11-,15+/m1/s1. The van der Waals surface area contributed by atoms with E-state index in [0.717, 1.165) is 12.0 Å². The Bertz CT molecular complexity index is 824. The maximum atomic E-state index is 13.5. The molecule has 1 N–H and O–H groups in total. The summed E-state index contributed by atoms with van der Waals surface area (Å²) in [5.74, 6) is -0.559. The Balaban J connectivity index is 1.52. The third kappa shape index (κ3) is 2.53. The van der Waals surface area contributed by atoms with Gasteiger partial charge in [0.1, 0.15) is 5.82 Å². The quantitative estimate of drug-likeness (QED) is 0.870. The fourth-order valence-corrected chi connectivity index (χ4v) is 3.16. The lowest BCUT2D eigenvalue weighted by atomic mass is 10.1. The lowest BCUT2D eigenvalue weighted by Crippen LogP contribution is -2.33. The van der Waals surface area contributed by atoms with Gasteiger partial charge in [0, 0.05) is 23.7 Å². The minimum absolute atomic E-state index is 0.0708. The highest BCUT2D eigenvalue weighted by Gasteiger charge is 2.49. The van der Waals surface area contributed by atoms with Crippen LogP contribution < -0.4 is 5.32 Å². The monoisotopic (exact) mass is 345 g/mol. The number of hydrogen-bond donors (Lipinski definition) is 1. The molecule has 0 spiro atoms. The van der Waals surface area contributed by atoms with Crippen LogP contribution >= 0.6 is 11.6 Å². The van der Waals surface area contributed by atoms with Crippen molar-refractivity contribution in [3.05, 3.63) is 52.9 Å². The predicted octanol–water partition coefficient (Wildman–Crippen LogP) is 2.95. The molecular formula is C17H13ClFN3O2. The lowest BCUT2D eigenvalue weighted by Gasteiger charge is -2.12. The second-order valence-electron chi connectivity index (χ2n) is 5.94. The first-order valence-electron chi connectivity index (χ1n) is 7.56. The van der Waals surface area contributed by atoms with E-state index in [1.54, 1.807) is 18.3 Å². The molecule has 1 saturated carbocycles. The van der Waals surface area contributed by atoms with Gasteiger partial charge >= 0.3 is 6.03 Å². The van der Waals surface area contributed by atoms with Gasteiger partial charge in [-0.25, -0.2) is 9.18 Å². The van der Waals surface area contributed by atoms with Crippen LogP contribution in [0.2, 0.25) is 5.02 Å². The van der Waals surface area contributed by atoms with Gasteiger partial charge in [-0.05, 0) is 30.2 Å². The molecule has 122 valence electrons. The first kappa shape index (κ1) is 15.1. The van der Waals surface area contributed by atoms with Crippen molar-refractivity contribution < 1.29 is 14.0 Å². The minimum atomic E-state index is -0.485. The smallest absolute Gasteiger partial charge is 0.324 e. The normalized spacial score (nSPS) is 22.7. The van der Waals surface area contributed by atoms with E-state index in [9.17, 15) is 14.0 Å². The van der Waals surface area contributed by atoms with Crippen molar-refractivity contribution >= 4 is 23.5 Å². The third-order valence-corrected chi connectivity index (χ3v) is 4.70. The SMILES string of the molecule is O=C1CNC(=O)N1[C@H]1C[C@@H]1c1ccc(-c2ccc(Cl)c(F)c2)nc1. The van der Waals surface area contributed by atoms with Gasteiger partial charge in [0.25, 0.3) is 0 Å². The van der Waals surface area contributed by atoms with E-state index in [-0.39, 0.29) is 35.5 Å². The highest BCUT2D eigenvalue weighted by molar-refractivity contribution is 6.30. The molecule has 0 unspecified atom stereocenters. The number of pyridine rings is 1. The molecule has 0 bridgehead atoms. The molecule has 2 heterocycles. The van der Waals surface area contributed by atoms with Gasteiger partial charge in [-0.2, -0.15) is 0 Å². The Hall–Kier alpha value is -2.47. The number of nitrogens with zero attached hydrogens (tertiary/aromatic N) is 2. The largest absolute Gasteiger partial charge is 0.329 e. The van der Waals surface area contributed by atoms with Crippen LogP contribution in [0.5, 0.6) is 0 Å². The van der Waals surface area contributed by atoms with E-state index in [1.807, 2.05) is 6.07 Å². The highest BCUT2D eigenvalue weighted by Crippen LogP contribution is 2.45. The number of carbonyl (C=O) groups is 2. The Kier molecular flexibility index (Phi) is 3.49. The number of rotatable bonds is 3. The van der Waals surface area contributed by atoms with Crippen molar-refractivity contribution in [2.75, 3.05) is 6.54 Å². The van der Waals surface area contributed by atoms with Crippen LogP contribution in [0.3, 0.4) is 0 Å². The van der Waals surface area contributed by atoms with Gasteiger partial charge in [-0.15, -0.1) is 0 Å². The third-order valence-electron chi connectivity index (χ3n) is 4.40. The van der Waals surface area contributed by atoms with E-state index in [1.165, 1.54) is 17.0 Å². The summed E-state index contributed by atoms with van der Waals surface area (Å²) < 4.78 is 13.5. The molecule has 1 saturated heterocycles. The minimum Gasteiger partial charge on any atom is -0.329 e. The van der Waals surface area contributed by atoms with Crippen LogP contribution in [0.1, 0.15) is 17.9 Å².